The van der Waals surface area contributed by atoms with E-state index in [0.29, 0.717) is 0 Å². The van der Waals surface area contributed by atoms with Crippen LogP contribution >= 0.6 is 0 Å². The molecular formula is C35H33N. The van der Waals surface area contributed by atoms with Crippen LogP contribution in [0.2, 0.25) is 0 Å². The standard InChI is InChI=1S/C35H33N/c1-20-11-21(2)14-24(13-20)26-17-33-28-15-22(3)12-23(4)30(28)19-36(33)34-18-32-27(16-29(26)34)25-9-7-8-10-31(25)35(32,5)6/h7-18,33H,19H2,1-6H3. The number of nitrogens with zero attached hydrogens (tertiary/aromatic N) is 1. The highest BCUT2D eigenvalue weighted by Crippen LogP contribution is 2.55. The highest BCUT2D eigenvalue weighted by molar-refractivity contribution is 5.95. The monoisotopic (exact) mass is 467 g/mol. The average molecular weight is 468 g/mol. The molecule has 0 saturated carbocycles. The maximum atomic E-state index is 2.65. The average Bonchev–Trinajstić information content (AvgIpc) is 3.30. The van der Waals surface area contributed by atoms with Crippen molar-refractivity contribution in [3.63, 3.8) is 0 Å². The van der Waals surface area contributed by atoms with Gasteiger partial charge in [-0.15, -0.1) is 0 Å². The number of fused-ring (bicyclic) bond motifs is 8. The lowest BCUT2D eigenvalue weighted by atomic mass is 9.80. The quantitative estimate of drug-likeness (QED) is 0.270. The third-order valence-corrected chi connectivity index (χ3v) is 8.79. The van der Waals surface area contributed by atoms with E-state index in [4.69, 9.17) is 0 Å². The molecule has 2 heterocycles. The molecule has 2 aliphatic heterocycles. The molecule has 1 unspecified atom stereocenters. The number of aryl methyl sites for hydroxylation is 4. The normalized spacial score (nSPS) is 18.2. The van der Waals surface area contributed by atoms with Crippen molar-refractivity contribution in [2.45, 2.75) is 59.5 Å². The minimum absolute atomic E-state index is 0.00319. The van der Waals surface area contributed by atoms with Gasteiger partial charge in [-0.1, -0.05) is 85.1 Å². The Morgan fingerprint density at radius 1 is 0.722 bits per heavy atom. The Morgan fingerprint density at radius 2 is 1.44 bits per heavy atom. The Kier molecular flexibility index (Phi) is 4.35. The number of rotatable bonds is 1. The summed E-state index contributed by atoms with van der Waals surface area (Å²) in [6.07, 6.45) is 2.54. The van der Waals surface area contributed by atoms with Crippen LogP contribution in [0.4, 0.5) is 5.69 Å². The van der Waals surface area contributed by atoms with Gasteiger partial charge in [-0.25, -0.2) is 0 Å². The van der Waals surface area contributed by atoms with E-state index in [0.717, 1.165) is 6.54 Å². The summed E-state index contributed by atoms with van der Waals surface area (Å²) in [6, 6.07) is 26.0. The summed E-state index contributed by atoms with van der Waals surface area (Å²) in [7, 11) is 0. The summed E-state index contributed by atoms with van der Waals surface area (Å²) < 4.78 is 0. The molecule has 0 saturated heterocycles. The molecule has 1 atom stereocenters. The minimum Gasteiger partial charge on any atom is -0.356 e. The van der Waals surface area contributed by atoms with Gasteiger partial charge < -0.3 is 4.90 Å². The van der Waals surface area contributed by atoms with E-state index in [1.165, 1.54) is 78.0 Å². The van der Waals surface area contributed by atoms with Crippen LogP contribution in [0.25, 0.3) is 16.7 Å². The molecule has 0 amide bonds. The maximum absolute atomic E-state index is 2.65. The number of hydrogen-bond acceptors (Lipinski definition) is 1. The summed E-state index contributed by atoms with van der Waals surface area (Å²) in [5.74, 6) is 0. The lowest BCUT2D eigenvalue weighted by Crippen LogP contribution is -2.26. The summed E-state index contributed by atoms with van der Waals surface area (Å²) in [4.78, 5) is 2.65. The molecule has 1 heteroatoms. The smallest absolute Gasteiger partial charge is 0.0743 e. The molecule has 0 radical (unpaired) electrons. The first-order chi connectivity index (χ1) is 17.2. The molecule has 4 aromatic rings. The Labute approximate surface area is 215 Å². The van der Waals surface area contributed by atoms with Crippen LogP contribution < -0.4 is 4.90 Å². The van der Waals surface area contributed by atoms with E-state index in [-0.39, 0.29) is 11.5 Å². The van der Waals surface area contributed by atoms with Crippen LogP contribution in [-0.2, 0) is 12.0 Å². The largest absolute Gasteiger partial charge is 0.356 e. The van der Waals surface area contributed by atoms with Gasteiger partial charge >= 0.3 is 0 Å². The molecule has 36 heavy (non-hydrogen) atoms. The third kappa shape index (κ3) is 2.89. The lowest BCUT2D eigenvalue weighted by Gasteiger charge is -2.35. The molecule has 1 aliphatic carbocycles. The van der Waals surface area contributed by atoms with E-state index < -0.39 is 0 Å². The first-order valence-electron chi connectivity index (χ1n) is 13.2. The third-order valence-electron chi connectivity index (χ3n) is 8.79. The predicted molar refractivity (Wildman–Crippen MR) is 152 cm³/mol. The van der Waals surface area contributed by atoms with Crippen LogP contribution in [-0.4, -0.2) is 0 Å². The molecule has 0 bridgehead atoms. The second kappa shape index (κ2) is 7.23. The van der Waals surface area contributed by atoms with E-state index in [1.807, 2.05) is 0 Å². The highest BCUT2D eigenvalue weighted by Gasteiger charge is 2.40. The molecular weight excluding hydrogens is 434 g/mol. The van der Waals surface area contributed by atoms with Crippen LogP contribution in [0, 0.1) is 27.7 Å². The number of hydrogen-bond donors (Lipinski definition) is 0. The molecule has 0 fully saturated rings. The van der Waals surface area contributed by atoms with Gasteiger partial charge in [0.05, 0.1) is 6.04 Å². The molecule has 7 rings (SSSR count). The Bertz CT molecular complexity index is 1610. The molecule has 3 aliphatic rings. The van der Waals surface area contributed by atoms with Crippen LogP contribution in [0.15, 0.2) is 72.8 Å². The zero-order valence-electron chi connectivity index (χ0n) is 22.2. The number of benzene rings is 4. The first-order valence-corrected chi connectivity index (χ1v) is 13.2. The second-order valence-corrected chi connectivity index (χ2v) is 11.8. The van der Waals surface area contributed by atoms with Crippen LogP contribution in [0.3, 0.4) is 0 Å². The topological polar surface area (TPSA) is 3.24 Å². The van der Waals surface area contributed by atoms with Gasteiger partial charge in [-0.2, -0.15) is 0 Å². The fourth-order valence-electron chi connectivity index (χ4n) is 7.18. The van der Waals surface area contributed by atoms with Gasteiger partial charge in [-0.3, -0.25) is 0 Å². The fraction of sp³-hybridized carbons (Fsp3) is 0.257. The van der Waals surface area contributed by atoms with Crippen molar-refractivity contribution in [3.05, 3.63) is 128 Å². The van der Waals surface area contributed by atoms with Crippen molar-refractivity contribution < 1.29 is 0 Å². The van der Waals surface area contributed by atoms with Gasteiger partial charge in [0.2, 0.25) is 0 Å². The van der Waals surface area contributed by atoms with Gasteiger partial charge in [0.1, 0.15) is 0 Å². The van der Waals surface area contributed by atoms with Crippen molar-refractivity contribution in [1.82, 2.24) is 0 Å². The lowest BCUT2D eigenvalue weighted by molar-refractivity contribution is 0.658. The van der Waals surface area contributed by atoms with Gasteiger partial charge in [0, 0.05) is 23.2 Å². The van der Waals surface area contributed by atoms with Crippen LogP contribution in [0.5, 0.6) is 0 Å². The Balaban J connectivity index is 1.53. The molecule has 0 aromatic heterocycles. The molecule has 178 valence electrons. The highest BCUT2D eigenvalue weighted by atomic mass is 15.2. The van der Waals surface area contributed by atoms with E-state index in [9.17, 15) is 0 Å². The number of anilines is 1. The Hall–Kier alpha value is -3.58. The summed E-state index contributed by atoms with van der Waals surface area (Å²) in [5, 5.41) is 0. The summed E-state index contributed by atoms with van der Waals surface area (Å²) in [6.45, 7) is 14.7. The van der Waals surface area contributed by atoms with Crippen molar-refractivity contribution in [2.24, 2.45) is 0 Å². The summed E-state index contributed by atoms with van der Waals surface area (Å²) >= 11 is 0. The van der Waals surface area contributed by atoms with Crippen molar-refractivity contribution in [2.75, 3.05) is 4.90 Å². The molecule has 0 N–H and O–H groups in total. The predicted octanol–water partition coefficient (Wildman–Crippen LogP) is 8.73. The van der Waals surface area contributed by atoms with E-state index in [1.54, 1.807) is 0 Å². The minimum atomic E-state index is -0.00319. The van der Waals surface area contributed by atoms with Crippen LogP contribution in [0.1, 0.15) is 75.5 Å². The van der Waals surface area contributed by atoms with E-state index >= 15 is 0 Å². The molecule has 0 spiro atoms. The second-order valence-electron chi connectivity index (χ2n) is 11.8. The van der Waals surface area contributed by atoms with Crippen molar-refractivity contribution >= 4 is 11.3 Å². The fourth-order valence-corrected chi connectivity index (χ4v) is 7.18. The first kappa shape index (κ1) is 21.7. The zero-order valence-corrected chi connectivity index (χ0v) is 22.2. The summed E-state index contributed by atoms with van der Waals surface area (Å²) in [5.41, 5.74) is 19.5. The zero-order chi connectivity index (χ0) is 24.9. The van der Waals surface area contributed by atoms with Gasteiger partial charge in [0.25, 0.3) is 0 Å². The molecule has 1 nitrogen and oxygen atoms in total. The SMILES string of the molecule is Cc1cc(C)cc(C2=CC3c4cc(C)cc(C)c4CN3c3cc4c(cc32)-c2ccccc2C4(C)C)c1. The van der Waals surface area contributed by atoms with Crippen molar-refractivity contribution in [1.29, 1.82) is 0 Å². The van der Waals surface area contributed by atoms with E-state index in [2.05, 4.69) is 119 Å². The Morgan fingerprint density at radius 3 is 2.22 bits per heavy atom. The van der Waals surface area contributed by atoms with Gasteiger partial charge in [0.15, 0.2) is 0 Å². The van der Waals surface area contributed by atoms with Crippen molar-refractivity contribution in [3.8, 4) is 11.1 Å². The molecule has 4 aromatic carbocycles. The maximum Gasteiger partial charge on any atom is 0.0743 e. The van der Waals surface area contributed by atoms with Gasteiger partial charge in [-0.05, 0) is 96.0 Å².